The normalized spacial score (nSPS) is 13.8. The van der Waals surface area contributed by atoms with E-state index < -0.39 is 16.6 Å². The number of unbranched alkanes of at least 4 members (excludes halogenated alkanes) is 1. The van der Waals surface area contributed by atoms with E-state index in [0.29, 0.717) is 13.0 Å². The third kappa shape index (κ3) is 5.90. The summed E-state index contributed by atoms with van der Waals surface area (Å²) in [5, 5.41) is 0. The molecule has 5 heteroatoms. The maximum Gasteiger partial charge on any atom is 0.305 e. The Hall–Kier alpha value is -1.70. The molecule has 0 saturated heterocycles. The van der Waals surface area contributed by atoms with Crippen LogP contribution >= 0.6 is 0 Å². The van der Waals surface area contributed by atoms with Crippen LogP contribution in [0.15, 0.2) is 48.5 Å². The van der Waals surface area contributed by atoms with Gasteiger partial charge in [-0.2, -0.15) is 0 Å². The summed E-state index contributed by atoms with van der Waals surface area (Å²) in [7, 11) is -3.11. The van der Waals surface area contributed by atoms with Crippen LogP contribution in [0.25, 0.3) is 11.1 Å². The number of hydrogen-bond acceptors (Lipinski definition) is 3. The second-order valence-corrected chi connectivity index (χ2v) is 18.7. The first-order chi connectivity index (χ1) is 13.7. The van der Waals surface area contributed by atoms with Crippen LogP contribution in [0.2, 0.25) is 38.8 Å². The Kier molecular flexibility index (Phi) is 6.81. The SMILES string of the molecule is C[Si](C)(C)O[Si](C)(C)CCCCC(=O)OCC1c2ccccc2-c2ccccc21. The van der Waals surface area contributed by atoms with Crippen molar-refractivity contribution in [2.75, 3.05) is 6.61 Å². The Bertz CT molecular complexity index is 810. The zero-order valence-corrected chi connectivity index (χ0v) is 20.5. The van der Waals surface area contributed by atoms with Gasteiger partial charge in [-0.25, -0.2) is 0 Å². The zero-order chi connectivity index (χ0) is 21.1. The van der Waals surface area contributed by atoms with Crippen molar-refractivity contribution in [2.24, 2.45) is 0 Å². The number of esters is 1. The van der Waals surface area contributed by atoms with E-state index >= 15 is 0 Å². The van der Waals surface area contributed by atoms with Crippen molar-refractivity contribution in [3.63, 3.8) is 0 Å². The molecule has 1 aliphatic carbocycles. The summed E-state index contributed by atoms with van der Waals surface area (Å²) in [5.74, 6) is 0.0558. The molecule has 0 unspecified atom stereocenters. The van der Waals surface area contributed by atoms with Crippen LogP contribution in [-0.4, -0.2) is 29.2 Å². The second-order valence-electron chi connectivity index (χ2n) is 9.59. The van der Waals surface area contributed by atoms with Gasteiger partial charge in [-0.3, -0.25) is 4.79 Å². The summed E-state index contributed by atoms with van der Waals surface area (Å²) in [4.78, 5) is 12.3. The molecule has 0 radical (unpaired) electrons. The standard InChI is InChI=1S/C24H34O3Si2/c1-28(2,3)27-29(4,5)17-11-10-16-24(25)26-18-23-21-14-8-6-12-19(21)20-13-7-9-15-22(20)23/h6-9,12-15,23H,10-11,16-18H2,1-5H3. The molecule has 29 heavy (non-hydrogen) atoms. The van der Waals surface area contributed by atoms with E-state index in [4.69, 9.17) is 8.85 Å². The summed E-state index contributed by atoms with van der Waals surface area (Å²) in [6, 6.07) is 18.0. The molecule has 2 aromatic rings. The number of carbonyl (C=O) groups is 1. The summed E-state index contributed by atoms with van der Waals surface area (Å²) < 4.78 is 12.1. The minimum absolute atomic E-state index is 0.0857. The molecular formula is C24H34O3Si2. The van der Waals surface area contributed by atoms with Crippen molar-refractivity contribution in [1.29, 1.82) is 0 Å². The van der Waals surface area contributed by atoms with Gasteiger partial charge in [-0.1, -0.05) is 55.0 Å². The highest BCUT2D eigenvalue weighted by atomic mass is 28.4. The van der Waals surface area contributed by atoms with Gasteiger partial charge >= 0.3 is 5.97 Å². The lowest BCUT2D eigenvalue weighted by Gasteiger charge is -2.31. The van der Waals surface area contributed by atoms with Crippen molar-refractivity contribution < 1.29 is 13.6 Å². The molecule has 3 nitrogen and oxygen atoms in total. The van der Waals surface area contributed by atoms with Crippen LogP contribution in [0.5, 0.6) is 0 Å². The highest BCUT2D eigenvalue weighted by Gasteiger charge is 2.30. The summed E-state index contributed by atoms with van der Waals surface area (Å²) in [5.41, 5.74) is 5.05. The topological polar surface area (TPSA) is 35.5 Å². The van der Waals surface area contributed by atoms with Gasteiger partial charge in [-0.15, -0.1) is 0 Å². The van der Waals surface area contributed by atoms with Crippen molar-refractivity contribution in [2.45, 2.75) is 64.0 Å². The molecule has 1 aliphatic rings. The Morgan fingerprint density at radius 3 is 1.97 bits per heavy atom. The van der Waals surface area contributed by atoms with Gasteiger partial charge in [0.1, 0.15) is 6.61 Å². The lowest BCUT2D eigenvalue weighted by molar-refractivity contribution is -0.144. The van der Waals surface area contributed by atoms with E-state index in [0.717, 1.165) is 18.9 Å². The molecule has 0 atom stereocenters. The minimum atomic E-state index is -1.62. The van der Waals surface area contributed by atoms with Gasteiger partial charge in [-0.05, 0) is 67.5 Å². The van der Waals surface area contributed by atoms with E-state index in [-0.39, 0.29) is 11.9 Å². The Labute approximate surface area is 177 Å². The van der Waals surface area contributed by atoms with E-state index in [9.17, 15) is 4.79 Å². The molecule has 0 aliphatic heterocycles. The first kappa shape index (κ1) is 22.0. The van der Waals surface area contributed by atoms with Crippen molar-refractivity contribution in [1.82, 2.24) is 0 Å². The number of fused-ring (bicyclic) bond motifs is 3. The molecular weight excluding hydrogens is 392 g/mol. The lowest BCUT2D eigenvalue weighted by Crippen LogP contribution is -2.42. The molecule has 0 bridgehead atoms. The fraction of sp³-hybridized carbons (Fsp3) is 0.458. The second kappa shape index (κ2) is 8.98. The Morgan fingerprint density at radius 1 is 0.862 bits per heavy atom. The maximum atomic E-state index is 12.3. The molecule has 0 aromatic heterocycles. The molecule has 0 spiro atoms. The van der Waals surface area contributed by atoms with E-state index in [1.807, 2.05) is 0 Å². The summed E-state index contributed by atoms with van der Waals surface area (Å²) in [6.07, 6.45) is 2.41. The van der Waals surface area contributed by atoms with Gasteiger partial charge in [0.15, 0.2) is 16.6 Å². The average molecular weight is 427 g/mol. The van der Waals surface area contributed by atoms with Crippen LogP contribution in [0.1, 0.15) is 36.3 Å². The quantitative estimate of drug-likeness (QED) is 0.258. The predicted molar refractivity (Wildman–Crippen MR) is 125 cm³/mol. The van der Waals surface area contributed by atoms with Crippen LogP contribution in [0.4, 0.5) is 0 Å². The lowest BCUT2D eigenvalue weighted by atomic mass is 9.98. The van der Waals surface area contributed by atoms with Gasteiger partial charge in [0.2, 0.25) is 0 Å². The highest BCUT2D eigenvalue weighted by molar-refractivity contribution is 6.84. The van der Waals surface area contributed by atoms with Crippen LogP contribution in [0, 0.1) is 0 Å². The third-order valence-electron chi connectivity index (χ3n) is 5.37. The van der Waals surface area contributed by atoms with Crippen LogP contribution in [0.3, 0.4) is 0 Å². The predicted octanol–water partition coefficient (Wildman–Crippen LogP) is 6.57. The Morgan fingerprint density at radius 2 is 1.41 bits per heavy atom. The van der Waals surface area contributed by atoms with Gasteiger partial charge in [0, 0.05) is 12.3 Å². The molecule has 0 saturated carbocycles. The van der Waals surface area contributed by atoms with Crippen molar-refractivity contribution in [3.8, 4) is 11.1 Å². The Balaban J connectivity index is 1.48. The van der Waals surface area contributed by atoms with E-state index in [1.54, 1.807) is 0 Å². The van der Waals surface area contributed by atoms with E-state index in [1.165, 1.54) is 22.3 Å². The van der Waals surface area contributed by atoms with Gasteiger partial charge in [0.05, 0.1) is 0 Å². The van der Waals surface area contributed by atoms with E-state index in [2.05, 4.69) is 81.3 Å². The summed E-state index contributed by atoms with van der Waals surface area (Å²) >= 11 is 0. The third-order valence-corrected chi connectivity index (χ3v) is 11.6. The average Bonchev–Trinajstić information content (AvgIpc) is 2.96. The molecule has 0 fully saturated rings. The minimum Gasteiger partial charge on any atom is -0.465 e. The highest BCUT2D eigenvalue weighted by Crippen LogP contribution is 2.44. The largest absolute Gasteiger partial charge is 0.465 e. The van der Waals surface area contributed by atoms with Crippen LogP contribution < -0.4 is 0 Å². The number of ether oxygens (including phenoxy) is 1. The van der Waals surface area contributed by atoms with Crippen molar-refractivity contribution >= 4 is 22.6 Å². The monoisotopic (exact) mass is 426 g/mol. The zero-order valence-electron chi connectivity index (χ0n) is 18.5. The first-order valence-electron chi connectivity index (χ1n) is 10.7. The number of rotatable bonds is 9. The molecule has 0 amide bonds. The smallest absolute Gasteiger partial charge is 0.305 e. The number of benzene rings is 2. The number of carbonyl (C=O) groups excluding carboxylic acids is 1. The fourth-order valence-corrected chi connectivity index (χ4v) is 12.5. The first-order valence-corrected chi connectivity index (χ1v) is 17.2. The fourth-order valence-electron chi connectivity index (χ4n) is 4.39. The maximum absolute atomic E-state index is 12.3. The van der Waals surface area contributed by atoms with Crippen LogP contribution in [-0.2, 0) is 13.6 Å². The van der Waals surface area contributed by atoms with Gasteiger partial charge in [0.25, 0.3) is 0 Å². The molecule has 156 valence electrons. The molecule has 3 rings (SSSR count). The number of hydrogen-bond donors (Lipinski definition) is 0. The molecule has 2 aromatic carbocycles. The molecule has 0 N–H and O–H groups in total. The van der Waals surface area contributed by atoms with Crippen molar-refractivity contribution in [3.05, 3.63) is 59.7 Å². The molecule has 0 heterocycles. The summed E-state index contributed by atoms with van der Waals surface area (Å²) in [6.45, 7) is 11.7. The van der Waals surface area contributed by atoms with Gasteiger partial charge < -0.3 is 8.85 Å².